The van der Waals surface area contributed by atoms with Gasteiger partial charge >= 0.3 is 0 Å². The van der Waals surface area contributed by atoms with E-state index >= 15 is 0 Å². The van der Waals surface area contributed by atoms with Crippen LogP contribution in [-0.4, -0.2) is 16.8 Å². The van der Waals surface area contributed by atoms with Gasteiger partial charge in [-0.05, 0) is 32.7 Å². The van der Waals surface area contributed by atoms with Gasteiger partial charge in [0.2, 0.25) is 0 Å². The van der Waals surface area contributed by atoms with E-state index in [0.717, 1.165) is 11.6 Å². The third-order valence-corrected chi connectivity index (χ3v) is 4.65. The maximum absolute atomic E-state index is 6.37. The molecule has 19 heavy (non-hydrogen) atoms. The maximum Gasteiger partial charge on any atom is 0.0834 e. The first-order valence-corrected chi connectivity index (χ1v) is 8.04. The van der Waals surface area contributed by atoms with Gasteiger partial charge < -0.3 is 5.32 Å². The SMILES string of the molecule is CCn1ncc(Cl)c1C(NC)C1CCCCCCC1. The molecule has 2 rings (SSSR count). The summed E-state index contributed by atoms with van der Waals surface area (Å²) >= 11 is 6.37. The van der Waals surface area contributed by atoms with Crippen molar-refractivity contribution in [3.05, 3.63) is 16.9 Å². The van der Waals surface area contributed by atoms with Crippen LogP contribution < -0.4 is 5.32 Å². The van der Waals surface area contributed by atoms with E-state index in [-0.39, 0.29) is 0 Å². The molecule has 1 aliphatic carbocycles. The number of nitrogens with one attached hydrogen (secondary N) is 1. The fourth-order valence-corrected chi connectivity index (χ4v) is 3.61. The van der Waals surface area contributed by atoms with Crippen LogP contribution in [0.25, 0.3) is 0 Å². The van der Waals surface area contributed by atoms with Gasteiger partial charge in [0.25, 0.3) is 0 Å². The third-order valence-electron chi connectivity index (χ3n) is 4.36. The van der Waals surface area contributed by atoms with Crippen LogP contribution in [0, 0.1) is 5.92 Å². The van der Waals surface area contributed by atoms with Gasteiger partial charge in [-0.25, -0.2) is 0 Å². The fraction of sp³-hybridized carbons (Fsp3) is 0.800. The highest BCUT2D eigenvalue weighted by atomic mass is 35.5. The van der Waals surface area contributed by atoms with Gasteiger partial charge in [0.05, 0.1) is 23.0 Å². The molecule has 1 atom stereocenters. The van der Waals surface area contributed by atoms with E-state index in [1.807, 2.05) is 11.7 Å². The second-order valence-corrected chi connectivity index (χ2v) is 5.97. The van der Waals surface area contributed by atoms with Crippen molar-refractivity contribution in [3.8, 4) is 0 Å². The van der Waals surface area contributed by atoms with Crippen molar-refractivity contribution < 1.29 is 0 Å². The topological polar surface area (TPSA) is 29.9 Å². The van der Waals surface area contributed by atoms with Gasteiger partial charge in [0.1, 0.15) is 0 Å². The zero-order valence-electron chi connectivity index (χ0n) is 12.2. The smallest absolute Gasteiger partial charge is 0.0834 e. The van der Waals surface area contributed by atoms with E-state index in [4.69, 9.17) is 11.6 Å². The molecule has 1 saturated carbocycles. The number of halogens is 1. The highest BCUT2D eigenvalue weighted by Gasteiger charge is 2.27. The normalized spacial score (nSPS) is 19.9. The first kappa shape index (κ1) is 14.9. The Bertz CT molecular complexity index is 381. The van der Waals surface area contributed by atoms with Crippen molar-refractivity contribution in [2.45, 2.75) is 64.5 Å². The van der Waals surface area contributed by atoms with Crippen LogP contribution in [0.2, 0.25) is 5.02 Å². The summed E-state index contributed by atoms with van der Waals surface area (Å²) in [6.45, 7) is 3.00. The summed E-state index contributed by atoms with van der Waals surface area (Å²) in [6, 6.07) is 0.341. The second-order valence-electron chi connectivity index (χ2n) is 5.57. The Morgan fingerprint density at radius 2 is 1.95 bits per heavy atom. The minimum absolute atomic E-state index is 0.341. The predicted octanol–water partition coefficient (Wildman–Crippen LogP) is 4.18. The molecule has 4 heteroatoms. The molecule has 0 spiro atoms. The van der Waals surface area contributed by atoms with Gasteiger partial charge in [0.15, 0.2) is 0 Å². The maximum atomic E-state index is 6.37. The molecule has 108 valence electrons. The summed E-state index contributed by atoms with van der Waals surface area (Å²) in [5.41, 5.74) is 1.18. The Morgan fingerprint density at radius 1 is 1.32 bits per heavy atom. The lowest BCUT2D eigenvalue weighted by Gasteiger charge is -2.29. The zero-order valence-corrected chi connectivity index (χ0v) is 12.9. The van der Waals surface area contributed by atoms with Gasteiger partial charge in [-0.15, -0.1) is 0 Å². The van der Waals surface area contributed by atoms with Crippen LogP contribution >= 0.6 is 11.6 Å². The summed E-state index contributed by atoms with van der Waals surface area (Å²) in [6.07, 6.45) is 11.3. The molecule has 1 aromatic heterocycles. The molecule has 0 bridgehead atoms. The lowest BCUT2D eigenvalue weighted by Crippen LogP contribution is -2.28. The largest absolute Gasteiger partial charge is 0.311 e. The highest BCUT2D eigenvalue weighted by Crippen LogP contribution is 2.35. The summed E-state index contributed by atoms with van der Waals surface area (Å²) in [4.78, 5) is 0. The van der Waals surface area contributed by atoms with Crippen molar-refractivity contribution >= 4 is 11.6 Å². The van der Waals surface area contributed by atoms with Crippen LogP contribution in [0.5, 0.6) is 0 Å². The highest BCUT2D eigenvalue weighted by molar-refractivity contribution is 6.31. The number of hydrogen-bond acceptors (Lipinski definition) is 2. The van der Waals surface area contributed by atoms with Crippen molar-refractivity contribution in [2.24, 2.45) is 5.92 Å². The molecule has 1 aliphatic rings. The molecule has 1 aromatic rings. The zero-order chi connectivity index (χ0) is 13.7. The summed E-state index contributed by atoms with van der Waals surface area (Å²) in [5.74, 6) is 0.685. The molecule has 1 heterocycles. The molecule has 3 nitrogen and oxygen atoms in total. The molecular weight excluding hydrogens is 258 g/mol. The molecule has 0 radical (unpaired) electrons. The Kier molecular flexibility index (Phi) is 5.71. The minimum atomic E-state index is 0.341. The third kappa shape index (κ3) is 3.51. The van der Waals surface area contributed by atoms with E-state index in [1.54, 1.807) is 6.20 Å². The van der Waals surface area contributed by atoms with Crippen LogP contribution in [-0.2, 0) is 6.54 Å². The predicted molar refractivity (Wildman–Crippen MR) is 80.5 cm³/mol. The monoisotopic (exact) mass is 283 g/mol. The Hall–Kier alpha value is -0.540. The average Bonchev–Trinajstić information content (AvgIpc) is 2.74. The van der Waals surface area contributed by atoms with Gasteiger partial charge in [-0.3, -0.25) is 4.68 Å². The molecule has 1 unspecified atom stereocenters. The average molecular weight is 284 g/mol. The van der Waals surface area contributed by atoms with Crippen molar-refractivity contribution in [2.75, 3.05) is 7.05 Å². The molecular formula is C15H26ClN3. The van der Waals surface area contributed by atoms with Crippen LogP contribution in [0.15, 0.2) is 6.20 Å². The summed E-state index contributed by atoms with van der Waals surface area (Å²) < 4.78 is 2.04. The minimum Gasteiger partial charge on any atom is -0.311 e. The number of aromatic nitrogens is 2. The molecule has 1 fully saturated rings. The van der Waals surface area contributed by atoms with Crippen LogP contribution in [0.4, 0.5) is 0 Å². The number of nitrogens with zero attached hydrogens (tertiary/aromatic N) is 2. The van der Waals surface area contributed by atoms with Crippen LogP contribution in [0.1, 0.15) is 63.6 Å². The van der Waals surface area contributed by atoms with E-state index in [0.29, 0.717) is 12.0 Å². The van der Waals surface area contributed by atoms with E-state index in [1.165, 1.54) is 50.6 Å². The molecule has 0 amide bonds. The van der Waals surface area contributed by atoms with E-state index in [2.05, 4.69) is 17.3 Å². The quantitative estimate of drug-likeness (QED) is 0.898. The first-order chi connectivity index (χ1) is 9.27. The lowest BCUT2D eigenvalue weighted by atomic mass is 9.84. The van der Waals surface area contributed by atoms with E-state index in [9.17, 15) is 0 Å². The number of aryl methyl sites for hydroxylation is 1. The van der Waals surface area contributed by atoms with Gasteiger partial charge in [0, 0.05) is 6.54 Å². The second kappa shape index (κ2) is 7.30. The van der Waals surface area contributed by atoms with Gasteiger partial charge in [-0.1, -0.05) is 43.7 Å². The van der Waals surface area contributed by atoms with Crippen molar-refractivity contribution in [1.82, 2.24) is 15.1 Å². The first-order valence-electron chi connectivity index (χ1n) is 7.66. The summed E-state index contributed by atoms with van der Waals surface area (Å²) in [7, 11) is 2.05. The summed E-state index contributed by atoms with van der Waals surface area (Å²) in [5, 5.41) is 8.69. The Morgan fingerprint density at radius 3 is 2.53 bits per heavy atom. The Labute approximate surface area is 121 Å². The standard InChI is InChI=1S/C15H26ClN3/c1-3-19-15(13(16)11-18-19)14(17-2)12-9-7-5-4-6-8-10-12/h11-12,14,17H,3-10H2,1-2H3. The van der Waals surface area contributed by atoms with Crippen molar-refractivity contribution in [1.29, 1.82) is 0 Å². The lowest BCUT2D eigenvalue weighted by molar-refractivity contribution is 0.288. The molecule has 0 aromatic carbocycles. The van der Waals surface area contributed by atoms with Crippen LogP contribution in [0.3, 0.4) is 0 Å². The number of rotatable bonds is 4. The molecule has 0 saturated heterocycles. The van der Waals surface area contributed by atoms with Crippen molar-refractivity contribution in [3.63, 3.8) is 0 Å². The Balaban J connectivity index is 2.19. The molecule has 0 aliphatic heterocycles. The van der Waals surface area contributed by atoms with E-state index < -0.39 is 0 Å². The molecule has 1 N–H and O–H groups in total. The fourth-order valence-electron chi connectivity index (χ4n) is 3.35. The van der Waals surface area contributed by atoms with Gasteiger partial charge in [-0.2, -0.15) is 5.10 Å². The number of hydrogen-bond donors (Lipinski definition) is 1.